The second-order valence-electron chi connectivity index (χ2n) is 5.33. The van der Waals surface area contributed by atoms with Crippen LogP contribution in [0.15, 0.2) is 79.4 Å². The van der Waals surface area contributed by atoms with Crippen molar-refractivity contribution >= 4 is 10.8 Å². The Morgan fingerprint density at radius 2 is 1.59 bits per heavy atom. The highest BCUT2D eigenvalue weighted by Crippen LogP contribution is 2.32. The zero-order valence-electron chi connectivity index (χ0n) is 12.4. The Labute approximate surface area is 131 Å². The molecule has 3 aromatic carbocycles. The van der Waals surface area contributed by atoms with Crippen LogP contribution < -0.4 is 0 Å². The predicted molar refractivity (Wildman–Crippen MR) is 91.7 cm³/mol. The van der Waals surface area contributed by atoms with Gasteiger partial charge in [0.05, 0.1) is 12.0 Å². The third kappa shape index (κ3) is 2.52. The van der Waals surface area contributed by atoms with Gasteiger partial charge >= 0.3 is 0 Å². The van der Waals surface area contributed by atoms with Crippen molar-refractivity contribution in [2.75, 3.05) is 0 Å². The van der Waals surface area contributed by atoms with Gasteiger partial charge < -0.3 is 0 Å². The van der Waals surface area contributed by atoms with Crippen molar-refractivity contribution in [3.05, 3.63) is 96.1 Å². The highest BCUT2D eigenvalue weighted by atomic mass is 14.3. The van der Waals surface area contributed by atoms with E-state index in [1.807, 2.05) is 48.5 Å². The third-order valence-corrected chi connectivity index (χ3v) is 3.99. The number of hydrogen-bond donors (Lipinski definition) is 0. The Kier molecular flexibility index (Phi) is 4.03. The van der Waals surface area contributed by atoms with Gasteiger partial charge in [0.15, 0.2) is 0 Å². The average Bonchev–Trinajstić information content (AvgIpc) is 2.58. The highest BCUT2D eigenvalue weighted by molar-refractivity contribution is 5.90. The normalized spacial score (nSPS) is 11.8. The SMILES string of the molecule is C=CCc1ccc(C(C#N)c2ccccc2)c2ccccc12. The molecule has 0 amide bonds. The van der Waals surface area contributed by atoms with E-state index in [4.69, 9.17) is 0 Å². The van der Waals surface area contributed by atoms with E-state index in [1.165, 1.54) is 10.9 Å². The van der Waals surface area contributed by atoms with E-state index in [9.17, 15) is 5.26 Å². The zero-order valence-corrected chi connectivity index (χ0v) is 12.4. The summed E-state index contributed by atoms with van der Waals surface area (Å²) in [6.45, 7) is 3.83. The molecule has 0 aromatic heterocycles. The molecule has 0 aliphatic carbocycles. The van der Waals surface area contributed by atoms with Gasteiger partial charge in [0.1, 0.15) is 0 Å². The summed E-state index contributed by atoms with van der Waals surface area (Å²) in [5, 5.41) is 12.1. The van der Waals surface area contributed by atoms with Crippen molar-refractivity contribution in [3.63, 3.8) is 0 Å². The fourth-order valence-electron chi connectivity index (χ4n) is 2.94. The second-order valence-corrected chi connectivity index (χ2v) is 5.33. The van der Waals surface area contributed by atoms with Crippen LogP contribution in [-0.2, 0) is 6.42 Å². The number of rotatable bonds is 4. The van der Waals surface area contributed by atoms with Crippen LogP contribution in [-0.4, -0.2) is 0 Å². The summed E-state index contributed by atoms with van der Waals surface area (Å²) in [6.07, 6.45) is 2.75. The third-order valence-electron chi connectivity index (χ3n) is 3.99. The Balaban J connectivity index is 2.21. The maximum atomic E-state index is 9.70. The number of fused-ring (bicyclic) bond motifs is 1. The van der Waals surface area contributed by atoms with Gasteiger partial charge in [-0.25, -0.2) is 0 Å². The summed E-state index contributed by atoms with van der Waals surface area (Å²) in [4.78, 5) is 0. The molecular formula is C21H17N. The molecule has 0 bridgehead atoms. The van der Waals surface area contributed by atoms with E-state index in [2.05, 4.69) is 36.9 Å². The molecule has 0 heterocycles. The molecule has 0 fully saturated rings. The van der Waals surface area contributed by atoms with E-state index in [0.29, 0.717) is 0 Å². The van der Waals surface area contributed by atoms with Crippen LogP contribution in [0.1, 0.15) is 22.6 Å². The van der Waals surface area contributed by atoms with Crippen LogP contribution in [0.25, 0.3) is 10.8 Å². The summed E-state index contributed by atoms with van der Waals surface area (Å²) in [5.41, 5.74) is 3.35. The lowest BCUT2D eigenvalue weighted by Crippen LogP contribution is -2.00. The minimum absolute atomic E-state index is 0.246. The van der Waals surface area contributed by atoms with Crippen LogP contribution in [0.4, 0.5) is 0 Å². The molecule has 0 aliphatic rings. The molecule has 1 nitrogen and oxygen atoms in total. The largest absolute Gasteiger partial charge is 0.197 e. The first-order chi connectivity index (χ1) is 10.8. The van der Waals surface area contributed by atoms with Crippen LogP contribution in [0.3, 0.4) is 0 Å². The summed E-state index contributed by atoms with van der Waals surface area (Å²) in [5.74, 6) is -0.246. The standard InChI is InChI=1S/C21H17N/c1-2-8-16-13-14-20(19-12-7-6-11-18(16)19)21(15-22)17-9-4-3-5-10-17/h2-7,9-14,21H,1,8H2. The summed E-state index contributed by atoms with van der Waals surface area (Å²) < 4.78 is 0. The molecular weight excluding hydrogens is 266 g/mol. The predicted octanol–water partition coefficient (Wildman–Crippen LogP) is 5.22. The number of hydrogen-bond acceptors (Lipinski definition) is 1. The second kappa shape index (κ2) is 6.28. The first-order valence-electron chi connectivity index (χ1n) is 7.41. The molecule has 0 aliphatic heterocycles. The van der Waals surface area contributed by atoms with Gasteiger partial charge in [-0.1, -0.05) is 72.8 Å². The lowest BCUT2D eigenvalue weighted by atomic mass is 9.87. The first-order valence-corrected chi connectivity index (χ1v) is 7.41. The Hall–Kier alpha value is -2.85. The summed E-state index contributed by atoms with van der Waals surface area (Å²) in [6, 6.07) is 24.9. The van der Waals surface area contributed by atoms with Gasteiger partial charge in [0.2, 0.25) is 0 Å². The van der Waals surface area contributed by atoms with E-state index in [1.54, 1.807) is 0 Å². The van der Waals surface area contributed by atoms with Crippen molar-refractivity contribution in [1.29, 1.82) is 5.26 Å². The van der Waals surface area contributed by atoms with E-state index < -0.39 is 0 Å². The van der Waals surface area contributed by atoms with Crippen molar-refractivity contribution < 1.29 is 0 Å². The molecule has 1 unspecified atom stereocenters. The zero-order chi connectivity index (χ0) is 15.4. The molecule has 3 aromatic rings. The van der Waals surface area contributed by atoms with Crippen molar-refractivity contribution in [2.45, 2.75) is 12.3 Å². The Bertz CT molecular complexity index is 841. The van der Waals surface area contributed by atoms with E-state index >= 15 is 0 Å². The molecule has 1 atom stereocenters. The maximum absolute atomic E-state index is 9.70. The minimum Gasteiger partial charge on any atom is -0.197 e. The molecule has 0 saturated carbocycles. The maximum Gasteiger partial charge on any atom is 0.0968 e. The van der Waals surface area contributed by atoms with Gasteiger partial charge in [-0.15, -0.1) is 6.58 Å². The number of nitriles is 1. The van der Waals surface area contributed by atoms with Crippen LogP contribution in [0.5, 0.6) is 0 Å². The molecule has 0 N–H and O–H groups in total. The topological polar surface area (TPSA) is 23.8 Å². The van der Waals surface area contributed by atoms with Crippen LogP contribution in [0, 0.1) is 11.3 Å². The Morgan fingerprint density at radius 3 is 2.27 bits per heavy atom. The molecule has 22 heavy (non-hydrogen) atoms. The average molecular weight is 283 g/mol. The van der Waals surface area contributed by atoms with Gasteiger partial charge in [-0.2, -0.15) is 5.26 Å². The first kappa shape index (κ1) is 14.1. The van der Waals surface area contributed by atoms with Crippen molar-refractivity contribution in [1.82, 2.24) is 0 Å². The number of nitrogens with zero attached hydrogens (tertiary/aromatic N) is 1. The molecule has 0 radical (unpaired) electrons. The van der Waals surface area contributed by atoms with Gasteiger partial charge in [-0.05, 0) is 33.9 Å². The molecule has 3 rings (SSSR count). The molecule has 0 spiro atoms. The smallest absolute Gasteiger partial charge is 0.0968 e. The van der Waals surface area contributed by atoms with Gasteiger partial charge in [0.25, 0.3) is 0 Å². The fourth-order valence-corrected chi connectivity index (χ4v) is 2.94. The summed E-state index contributed by atoms with van der Waals surface area (Å²) in [7, 11) is 0. The van der Waals surface area contributed by atoms with Gasteiger partial charge in [0, 0.05) is 0 Å². The fraction of sp³-hybridized carbons (Fsp3) is 0.0952. The minimum atomic E-state index is -0.246. The lowest BCUT2D eigenvalue weighted by molar-refractivity contribution is 1.05. The number of benzene rings is 3. The Morgan fingerprint density at radius 1 is 0.909 bits per heavy atom. The van der Waals surface area contributed by atoms with E-state index in [-0.39, 0.29) is 5.92 Å². The molecule has 0 saturated heterocycles. The van der Waals surface area contributed by atoms with Crippen molar-refractivity contribution in [3.8, 4) is 6.07 Å². The van der Waals surface area contributed by atoms with Crippen molar-refractivity contribution in [2.24, 2.45) is 0 Å². The lowest BCUT2D eigenvalue weighted by Gasteiger charge is -2.15. The van der Waals surface area contributed by atoms with Crippen LogP contribution in [0.2, 0.25) is 0 Å². The van der Waals surface area contributed by atoms with Gasteiger partial charge in [-0.3, -0.25) is 0 Å². The molecule has 106 valence electrons. The van der Waals surface area contributed by atoms with Crippen LogP contribution >= 0.6 is 0 Å². The molecule has 1 heteroatoms. The number of allylic oxidation sites excluding steroid dienone is 1. The van der Waals surface area contributed by atoms with E-state index in [0.717, 1.165) is 22.9 Å². The highest BCUT2D eigenvalue weighted by Gasteiger charge is 2.16. The monoisotopic (exact) mass is 283 g/mol. The quantitative estimate of drug-likeness (QED) is 0.602. The summed E-state index contributed by atoms with van der Waals surface area (Å²) >= 11 is 0.